The molecule has 2 nitrogen and oxygen atoms in total. The summed E-state index contributed by atoms with van der Waals surface area (Å²) in [6.07, 6.45) is 4.76. The smallest absolute Gasteiger partial charge is 0.0719 e. The number of anilines is 3. The Bertz CT molecular complexity index is 3640. The lowest BCUT2D eigenvalue weighted by Crippen LogP contribution is -2.16. The number of allylic oxidation sites excluding steroid dienone is 1. The molecule has 2 aliphatic carbocycles. The minimum atomic E-state index is -0.118. The average Bonchev–Trinajstić information content (AvgIpc) is 4.04. The lowest BCUT2D eigenvalue weighted by Gasteiger charge is -2.29. The molecule has 0 amide bonds. The van der Waals surface area contributed by atoms with Gasteiger partial charge in [0.05, 0.1) is 15.7 Å². The van der Waals surface area contributed by atoms with Gasteiger partial charge in [-0.1, -0.05) is 142 Å². The van der Waals surface area contributed by atoms with Gasteiger partial charge in [0, 0.05) is 69.9 Å². The minimum Gasteiger partial charge on any atom is -0.310 e. The van der Waals surface area contributed by atoms with Crippen molar-refractivity contribution in [2.45, 2.75) is 32.1 Å². The third-order valence-electron chi connectivity index (χ3n) is 13.9. The summed E-state index contributed by atoms with van der Waals surface area (Å²) in [7, 11) is 0. The van der Waals surface area contributed by atoms with Gasteiger partial charge in [-0.3, -0.25) is 0 Å². The van der Waals surface area contributed by atoms with Crippen LogP contribution in [-0.2, 0) is 5.41 Å². The molecule has 0 fully saturated rings. The van der Waals surface area contributed by atoms with E-state index in [1.165, 1.54) is 96.0 Å². The van der Waals surface area contributed by atoms with Gasteiger partial charge in [-0.2, -0.15) is 0 Å². The third kappa shape index (κ3) is 5.14. The zero-order valence-corrected chi connectivity index (χ0v) is 36.4. The molecule has 0 saturated heterocycles. The highest BCUT2D eigenvalue weighted by Gasteiger charge is 2.36. The lowest BCUT2D eigenvalue weighted by atomic mass is 9.80. The molecule has 3 heterocycles. The average molecular weight is 831 g/mol. The van der Waals surface area contributed by atoms with Crippen molar-refractivity contribution < 1.29 is 0 Å². The molecule has 2 atom stereocenters. The van der Waals surface area contributed by atoms with Crippen LogP contribution in [0.3, 0.4) is 0 Å². The molecule has 11 aromatic rings. The predicted molar refractivity (Wildman–Crippen MR) is 268 cm³/mol. The molecule has 0 radical (unpaired) electrons. The molecule has 62 heavy (non-hydrogen) atoms. The van der Waals surface area contributed by atoms with Gasteiger partial charge in [0.25, 0.3) is 0 Å². The first kappa shape index (κ1) is 36.0. The van der Waals surface area contributed by atoms with Crippen LogP contribution in [0.4, 0.5) is 17.1 Å². The van der Waals surface area contributed by atoms with Crippen molar-refractivity contribution in [1.29, 1.82) is 0 Å². The van der Waals surface area contributed by atoms with Gasteiger partial charge in [0.1, 0.15) is 0 Å². The van der Waals surface area contributed by atoms with Crippen molar-refractivity contribution in [1.82, 2.24) is 4.57 Å². The molecule has 2 unspecified atom stereocenters. The van der Waals surface area contributed by atoms with E-state index < -0.39 is 0 Å². The first-order valence-corrected chi connectivity index (χ1v) is 23.3. The van der Waals surface area contributed by atoms with Crippen LogP contribution in [0.2, 0.25) is 0 Å². The SMILES string of the molecule is CC1C=Cc2c(sc3ccccc23)C1c1ccc(N(c2ccc3c(c2)C(C)(C)c2ccccc2-3)c2ccc3c(c2)c2ccc4c5ccccc5sc4c2n3-c2ccccc2)cc1. The fourth-order valence-electron chi connectivity index (χ4n) is 10.9. The van der Waals surface area contributed by atoms with Crippen molar-refractivity contribution in [2.75, 3.05) is 4.90 Å². The van der Waals surface area contributed by atoms with E-state index in [-0.39, 0.29) is 5.41 Å². The Kier molecular flexibility index (Phi) is 7.77. The van der Waals surface area contributed by atoms with Crippen LogP contribution >= 0.6 is 22.7 Å². The highest BCUT2D eigenvalue weighted by molar-refractivity contribution is 7.26. The maximum atomic E-state index is 2.49. The molecule has 0 saturated carbocycles. The molecular weight excluding hydrogens is 789 g/mol. The molecule has 0 spiro atoms. The van der Waals surface area contributed by atoms with E-state index in [1.807, 2.05) is 22.7 Å². The van der Waals surface area contributed by atoms with E-state index in [2.05, 4.69) is 218 Å². The normalized spacial score (nSPS) is 16.4. The minimum absolute atomic E-state index is 0.118. The van der Waals surface area contributed by atoms with E-state index in [0.29, 0.717) is 11.8 Å². The Hall–Kier alpha value is -6.72. The summed E-state index contributed by atoms with van der Waals surface area (Å²) in [5.74, 6) is 0.704. The fraction of sp³-hybridized carbons (Fsp3) is 0.103. The molecule has 0 aliphatic heterocycles. The van der Waals surface area contributed by atoms with E-state index in [4.69, 9.17) is 0 Å². The van der Waals surface area contributed by atoms with E-state index >= 15 is 0 Å². The topological polar surface area (TPSA) is 8.17 Å². The van der Waals surface area contributed by atoms with E-state index in [1.54, 1.807) is 0 Å². The maximum absolute atomic E-state index is 2.49. The molecule has 8 aromatic carbocycles. The second kappa shape index (κ2) is 13.4. The largest absolute Gasteiger partial charge is 0.310 e. The van der Waals surface area contributed by atoms with Crippen LogP contribution in [0.25, 0.3) is 75.0 Å². The first-order valence-electron chi connectivity index (χ1n) is 21.7. The Morgan fingerprint density at radius 3 is 2.03 bits per heavy atom. The summed E-state index contributed by atoms with van der Waals surface area (Å²) in [5, 5.41) is 6.51. The lowest BCUT2D eigenvalue weighted by molar-refractivity contribution is 0.629. The van der Waals surface area contributed by atoms with Crippen LogP contribution in [-0.4, -0.2) is 4.57 Å². The molecule has 3 aromatic heterocycles. The maximum Gasteiger partial charge on any atom is 0.0719 e. The van der Waals surface area contributed by atoms with Crippen LogP contribution in [0, 0.1) is 5.92 Å². The highest BCUT2D eigenvalue weighted by Crippen LogP contribution is 2.52. The highest BCUT2D eigenvalue weighted by atomic mass is 32.1. The van der Waals surface area contributed by atoms with Gasteiger partial charge in [-0.05, 0) is 111 Å². The number of rotatable bonds is 5. The second-order valence-electron chi connectivity index (χ2n) is 17.7. The Morgan fingerprint density at radius 1 is 0.532 bits per heavy atom. The van der Waals surface area contributed by atoms with Gasteiger partial charge in [-0.25, -0.2) is 0 Å². The molecular formula is C58H42N2S2. The number of para-hydroxylation sites is 1. The molecule has 296 valence electrons. The summed E-state index contributed by atoms with van der Waals surface area (Å²) in [5.41, 5.74) is 15.2. The van der Waals surface area contributed by atoms with Crippen LogP contribution in [0.15, 0.2) is 182 Å². The van der Waals surface area contributed by atoms with Gasteiger partial charge in [-0.15, -0.1) is 22.7 Å². The number of hydrogen-bond acceptors (Lipinski definition) is 3. The predicted octanol–water partition coefficient (Wildman–Crippen LogP) is 16.9. The zero-order chi connectivity index (χ0) is 41.3. The molecule has 13 rings (SSSR count). The number of thiophene rings is 2. The Balaban J connectivity index is 1.02. The number of hydrogen-bond donors (Lipinski definition) is 0. The number of nitrogens with zero attached hydrogens (tertiary/aromatic N) is 2. The molecule has 0 bridgehead atoms. The van der Waals surface area contributed by atoms with Crippen molar-refractivity contribution in [3.8, 4) is 16.8 Å². The van der Waals surface area contributed by atoms with Crippen molar-refractivity contribution in [3.63, 3.8) is 0 Å². The van der Waals surface area contributed by atoms with E-state index in [9.17, 15) is 0 Å². The standard InChI is InChI=1S/C58H42N2S2/c1-35-21-28-46-43-16-8-11-19-52(43)61-56(46)54(35)36-22-24-38(25-23-36)59(40-26-29-42-41-15-7-10-18-49(41)58(2,3)50(42)34-40)39-27-32-51-48(33-39)45-30-31-47-44-17-9-12-20-53(44)62-57(47)55(45)60(51)37-13-5-4-6-14-37/h4-35,54H,1-3H3. The number of aromatic nitrogens is 1. The fourth-order valence-corrected chi connectivity index (χ4v) is 13.6. The van der Waals surface area contributed by atoms with Crippen molar-refractivity contribution >= 4 is 97.9 Å². The summed E-state index contributed by atoms with van der Waals surface area (Å²) < 4.78 is 6.50. The first-order chi connectivity index (χ1) is 30.4. The summed E-state index contributed by atoms with van der Waals surface area (Å²) in [4.78, 5) is 3.96. The molecule has 0 N–H and O–H groups in total. The van der Waals surface area contributed by atoms with Gasteiger partial charge >= 0.3 is 0 Å². The Morgan fingerprint density at radius 2 is 1.19 bits per heavy atom. The van der Waals surface area contributed by atoms with Crippen LogP contribution in [0.1, 0.15) is 53.8 Å². The van der Waals surface area contributed by atoms with Crippen molar-refractivity contribution in [2.24, 2.45) is 5.92 Å². The van der Waals surface area contributed by atoms with Gasteiger partial charge in [0.15, 0.2) is 0 Å². The van der Waals surface area contributed by atoms with Gasteiger partial charge in [0.2, 0.25) is 0 Å². The summed E-state index contributed by atoms with van der Waals surface area (Å²) in [6, 6.07) is 66.0. The van der Waals surface area contributed by atoms with Gasteiger partial charge < -0.3 is 9.47 Å². The van der Waals surface area contributed by atoms with Crippen molar-refractivity contribution in [3.05, 3.63) is 209 Å². The van der Waals surface area contributed by atoms with E-state index in [0.717, 1.165) is 17.1 Å². The van der Waals surface area contributed by atoms with Crippen LogP contribution in [0.5, 0.6) is 0 Å². The monoisotopic (exact) mass is 830 g/mol. The zero-order valence-electron chi connectivity index (χ0n) is 34.8. The quantitative estimate of drug-likeness (QED) is 0.168. The third-order valence-corrected chi connectivity index (χ3v) is 16.4. The summed E-state index contributed by atoms with van der Waals surface area (Å²) >= 11 is 3.86. The van der Waals surface area contributed by atoms with Crippen LogP contribution < -0.4 is 4.90 Å². The molecule has 4 heteroatoms. The second-order valence-corrected chi connectivity index (χ2v) is 19.8. The molecule has 2 aliphatic rings. The summed E-state index contributed by atoms with van der Waals surface area (Å²) in [6.45, 7) is 7.12. The number of benzene rings is 8. The Labute approximate surface area is 369 Å². The number of fused-ring (bicyclic) bond motifs is 13.